The van der Waals surface area contributed by atoms with Crippen LogP contribution in [0.3, 0.4) is 0 Å². The van der Waals surface area contributed by atoms with Crippen molar-refractivity contribution in [2.75, 3.05) is 6.54 Å². The molecule has 7 heteroatoms. The van der Waals surface area contributed by atoms with Gasteiger partial charge in [-0.25, -0.2) is 0 Å². The van der Waals surface area contributed by atoms with Gasteiger partial charge in [0.05, 0.1) is 10.9 Å². The van der Waals surface area contributed by atoms with Crippen LogP contribution in [0.4, 0.5) is 0 Å². The molecule has 3 rings (SSSR count). The summed E-state index contributed by atoms with van der Waals surface area (Å²) in [5.74, 6) is -0.389. The SMILES string of the molecule is Cc1ccc(C(NC(=O)CCNC(=O)CCC(=O)c2cccs2)c2cccs2)cc1. The Labute approximate surface area is 184 Å². The molecule has 0 fully saturated rings. The first kappa shape index (κ1) is 21.9. The summed E-state index contributed by atoms with van der Waals surface area (Å²) in [5.41, 5.74) is 2.18. The molecule has 2 amide bonds. The Morgan fingerprint density at radius 3 is 2.27 bits per heavy atom. The molecule has 0 spiro atoms. The number of Topliss-reactive ketones (excluding diaryl/α,β-unsaturated/α-hetero) is 1. The summed E-state index contributed by atoms with van der Waals surface area (Å²) < 4.78 is 0. The van der Waals surface area contributed by atoms with Gasteiger partial charge in [-0.3, -0.25) is 14.4 Å². The van der Waals surface area contributed by atoms with Gasteiger partial charge in [0.25, 0.3) is 0 Å². The van der Waals surface area contributed by atoms with E-state index >= 15 is 0 Å². The van der Waals surface area contributed by atoms with E-state index in [1.165, 1.54) is 11.3 Å². The van der Waals surface area contributed by atoms with Gasteiger partial charge in [0, 0.05) is 30.7 Å². The molecule has 30 heavy (non-hydrogen) atoms. The van der Waals surface area contributed by atoms with Crippen molar-refractivity contribution in [2.45, 2.75) is 32.2 Å². The van der Waals surface area contributed by atoms with Crippen LogP contribution in [0.1, 0.15) is 51.0 Å². The van der Waals surface area contributed by atoms with Crippen molar-refractivity contribution >= 4 is 40.3 Å². The first-order chi connectivity index (χ1) is 14.5. The van der Waals surface area contributed by atoms with Crippen molar-refractivity contribution < 1.29 is 14.4 Å². The number of hydrogen-bond acceptors (Lipinski definition) is 5. The molecule has 0 radical (unpaired) electrons. The third-order valence-corrected chi connectivity index (χ3v) is 6.44. The average Bonchev–Trinajstić information content (AvgIpc) is 3.45. The molecule has 0 bridgehead atoms. The highest BCUT2D eigenvalue weighted by Crippen LogP contribution is 2.26. The predicted molar refractivity (Wildman–Crippen MR) is 121 cm³/mol. The zero-order valence-corrected chi connectivity index (χ0v) is 18.4. The van der Waals surface area contributed by atoms with Gasteiger partial charge in [-0.05, 0) is 35.4 Å². The van der Waals surface area contributed by atoms with Crippen molar-refractivity contribution in [3.05, 3.63) is 80.2 Å². The normalized spacial score (nSPS) is 11.6. The van der Waals surface area contributed by atoms with E-state index in [0.29, 0.717) is 4.88 Å². The zero-order valence-electron chi connectivity index (χ0n) is 16.7. The predicted octanol–water partition coefficient (Wildman–Crippen LogP) is 4.49. The van der Waals surface area contributed by atoms with E-state index in [2.05, 4.69) is 10.6 Å². The Hall–Kier alpha value is -2.77. The minimum atomic E-state index is -0.221. The summed E-state index contributed by atoms with van der Waals surface area (Å²) in [6.07, 6.45) is 0.476. The molecule has 156 valence electrons. The molecule has 0 aliphatic rings. The molecule has 0 saturated carbocycles. The highest BCUT2D eigenvalue weighted by atomic mass is 32.1. The lowest BCUT2D eigenvalue weighted by Crippen LogP contribution is -2.33. The number of thiophene rings is 2. The first-order valence-electron chi connectivity index (χ1n) is 9.75. The first-order valence-corrected chi connectivity index (χ1v) is 11.5. The average molecular weight is 441 g/mol. The third-order valence-electron chi connectivity index (χ3n) is 4.59. The summed E-state index contributed by atoms with van der Waals surface area (Å²) in [6.45, 7) is 2.27. The van der Waals surface area contributed by atoms with Crippen molar-refractivity contribution in [3.8, 4) is 0 Å². The Kier molecular flexibility index (Phi) is 7.93. The summed E-state index contributed by atoms with van der Waals surface area (Å²) >= 11 is 2.97. The van der Waals surface area contributed by atoms with Crippen LogP contribution in [-0.2, 0) is 9.59 Å². The standard InChI is InChI=1S/C23H24N2O3S2/c1-16-6-8-17(9-7-16)23(20-5-3-15-30-20)25-22(28)12-13-24-21(27)11-10-18(26)19-4-2-14-29-19/h2-9,14-15,23H,10-13H2,1H3,(H,24,27)(H,25,28). The number of nitrogens with one attached hydrogen (secondary N) is 2. The summed E-state index contributed by atoms with van der Waals surface area (Å²) in [7, 11) is 0. The van der Waals surface area contributed by atoms with Crippen LogP contribution < -0.4 is 10.6 Å². The Balaban J connectivity index is 1.46. The van der Waals surface area contributed by atoms with Gasteiger partial charge in [-0.1, -0.05) is 42.0 Å². The maximum atomic E-state index is 12.5. The molecule has 3 aromatic rings. The summed E-state index contributed by atoms with van der Waals surface area (Å²) in [4.78, 5) is 38.1. The van der Waals surface area contributed by atoms with E-state index in [9.17, 15) is 14.4 Å². The van der Waals surface area contributed by atoms with E-state index in [1.54, 1.807) is 17.4 Å². The van der Waals surface area contributed by atoms with Gasteiger partial charge >= 0.3 is 0 Å². The van der Waals surface area contributed by atoms with E-state index in [-0.39, 0.29) is 49.4 Å². The Morgan fingerprint density at radius 2 is 1.60 bits per heavy atom. The number of ketones is 1. The number of rotatable bonds is 10. The van der Waals surface area contributed by atoms with E-state index in [4.69, 9.17) is 0 Å². The van der Waals surface area contributed by atoms with Crippen molar-refractivity contribution in [3.63, 3.8) is 0 Å². The van der Waals surface area contributed by atoms with Crippen LogP contribution in [0.2, 0.25) is 0 Å². The number of benzene rings is 1. The fraction of sp³-hybridized carbons (Fsp3) is 0.261. The fourth-order valence-corrected chi connectivity index (χ4v) is 4.45. The van der Waals surface area contributed by atoms with Gasteiger partial charge in [0.1, 0.15) is 0 Å². The Bertz CT molecular complexity index is 965. The highest BCUT2D eigenvalue weighted by Gasteiger charge is 2.18. The molecule has 2 aromatic heterocycles. The van der Waals surface area contributed by atoms with Crippen LogP contribution in [0.25, 0.3) is 0 Å². The molecule has 2 N–H and O–H groups in total. The van der Waals surface area contributed by atoms with E-state index < -0.39 is 0 Å². The maximum Gasteiger partial charge on any atom is 0.222 e. The second-order valence-corrected chi connectivity index (χ2v) is 8.85. The smallest absolute Gasteiger partial charge is 0.222 e. The number of hydrogen-bond donors (Lipinski definition) is 2. The molecule has 5 nitrogen and oxygen atoms in total. The number of amides is 2. The molecule has 1 aromatic carbocycles. The summed E-state index contributed by atoms with van der Waals surface area (Å²) in [5, 5.41) is 9.61. The second-order valence-electron chi connectivity index (χ2n) is 6.93. The minimum absolute atomic E-state index is 0.0326. The minimum Gasteiger partial charge on any atom is -0.356 e. The lowest BCUT2D eigenvalue weighted by atomic mass is 10.0. The van der Waals surface area contributed by atoms with Crippen molar-refractivity contribution in [1.29, 1.82) is 0 Å². The molecule has 0 saturated heterocycles. The molecule has 2 heterocycles. The lowest BCUT2D eigenvalue weighted by Gasteiger charge is -2.18. The number of carbonyl (C=O) groups is 3. The van der Waals surface area contributed by atoms with Crippen molar-refractivity contribution in [1.82, 2.24) is 10.6 Å². The van der Waals surface area contributed by atoms with Crippen LogP contribution in [0, 0.1) is 6.92 Å². The van der Waals surface area contributed by atoms with E-state index in [1.807, 2.05) is 60.1 Å². The van der Waals surface area contributed by atoms with Gasteiger partial charge in [0.2, 0.25) is 11.8 Å². The highest BCUT2D eigenvalue weighted by molar-refractivity contribution is 7.12. The monoisotopic (exact) mass is 440 g/mol. The molecular formula is C23H24N2O3S2. The largest absolute Gasteiger partial charge is 0.356 e. The van der Waals surface area contributed by atoms with Crippen LogP contribution in [0.15, 0.2) is 59.3 Å². The topological polar surface area (TPSA) is 75.3 Å². The van der Waals surface area contributed by atoms with Crippen LogP contribution >= 0.6 is 22.7 Å². The lowest BCUT2D eigenvalue weighted by molar-refractivity contribution is -0.122. The maximum absolute atomic E-state index is 12.5. The molecule has 0 aliphatic carbocycles. The van der Waals surface area contributed by atoms with Gasteiger partial charge in [-0.15, -0.1) is 22.7 Å². The van der Waals surface area contributed by atoms with Crippen molar-refractivity contribution in [2.24, 2.45) is 0 Å². The summed E-state index contributed by atoms with van der Waals surface area (Å²) in [6, 6.07) is 15.4. The quantitative estimate of drug-likeness (QED) is 0.456. The molecule has 1 unspecified atom stereocenters. The number of carbonyl (C=O) groups excluding carboxylic acids is 3. The van der Waals surface area contributed by atoms with Gasteiger partial charge in [0.15, 0.2) is 5.78 Å². The van der Waals surface area contributed by atoms with Gasteiger partial charge < -0.3 is 10.6 Å². The molecular weight excluding hydrogens is 416 g/mol. The number of aryl methyl sites for hydroxylation is 1. The fourth-order valence-electron chi connectivity index (χ4n) is 2.96. The van der Waals surface area contributed by atoms with E-state index in [0.717, 1.165) is 16.0 Å². The molecule has 1 atom stereocenters. The van der Waals surface area contributed by atoms with Crippen LogP contribution in [-0.4, -0.2) is 24.1 Å². The second kappa shape index (κ2) is 10.8. The molecule has 0 aliphatic heterocycles. The third kappa shape index (κ3) is 6.37. The Morgan fingerprint density at radius 1 is 0.867 bits per heavy atom. The van der Waals surface area contributed by atoms with Gasteiger partial charge in [-0.2, -0.15) is 0 Å². The van der Waals surface area contributed by atoms with Crippen LogP contribution in [0.5, 0.6) is 0 Å². The zero-order chi connectivity index (χ0) is 21.3.